The van der Waals surface area contributed by atoms with Crippen molar-refractivity contribution in [3.05, 3.63) is 48.6 Å². The average molecular weight is 515 g/mol. The van der Waals surface area contributed by atoms with Crippen molar-refractivity contribution in [1.29, 1.82) is 0 Å². The zero-order valence-corrected chi connectivity index (χ0v) is 25.3. The van der Waals surface area contributed by atoms with Crippen molar-refractivity contribution in [2.75, 3.05) is 0 Å². The summed E-state index contributed by atoms with van der Waals surface area (Å²) in [6, 6.07) is 0. The molecule has 0 aromatic heterocycles. The first-order valence-electron chi connectivity index (χ1n) is 16.6. The molecule has 0 saturated heterocycles. The predicted octanol–water partition coefficient (Wildman–Crippen LogP) is 12.4. The lowest BCUT2D eigenvalue weighted by atomic mass is 10.0. The lowest BCUT2D eigenvalue weighted by molar-refractivity contribution is 0.147. The number of hydrogen-bond donors (Lipinski definition) is 1. The predicted molar refractivity (Wildman–Crippen MR) is 169 cm³/mol. The molecule has 0 spiro atoms. The molecule has 1 unspecified atom stereocenters. The Hall–Kier alpha value is -1.08. The molecule has 0 fully saturated rings. The molecule has 0 bridgehead atoms. The van der Waals surface area contributed by atoms with Crippen LogP contribution in [-0.4, -0.2) is 11.2 Å². The molecule has 1 atom stereocenters. The van der Waals surface area contributed by atoms with E-state index < -0.39 is 0 Å². The van der Waals surface area contributed by atoms with Crippen LogP contribution < -0.4 is 0 Å². The van der Waals surface area contributed by atoms with Crippen molar-refractivity contribution in [3.63, 3.8) is 0 Å². The third-order valence-electron chi connectivity index (χ3n) is 7.16. The second-order valence-corrected chi connectivity index (χ2v) is 11.0. The fourth-order valence-electron chi connectivity index (χ4n) is 4.61. The Labute approximate surface area is 234 Å². The van der Waals surface area contributed by atoms with E-state index in [0.717, 1.165) is 12.8 Å². The van der Waals surface area contributed by atoms with Crippen LogP contribution in [0, 0.1) is 0 Å². The highest BCUT2D eigenvalue weighted by Gasteiger charge is 2.03. The van der Waals surface area contributed by atoms with E-state index in [4.69, 9.17) is 0 Å². The van der Waals surface area contributed by atoms with Crippen LogP contribution in [0.1, 0.15) is 174 Å². The van der Waals surface area contributed by atoms with Gasteiger partial charge in [0.2, 0.25) is 0 Å². The number of hydrogen-bond acceptors (Lipinski definition) is 1. The van der Waals surface area contributed by atoms with Gasteiger partial charge in [-0.1, -0.05) is 114 Å². The van der Waals surface area contributed by atoms with Crippen molar-refractivity contribution < 1.29 is 5.11 Å². The standard InChI is InChI=1S/C36H66O/c1-3-5-7-9-11-13-15-17-19-21-23-25-27-29-31-33-35-36(37)34-32-30-28-26-24-22-20-18-16-14-12-10-8-6-4-2/h10-13,22-25,36-37H,3-9,14-21,26-35H2,1-2H3/b12-10-,13-11-,24-22-,25-23-. The quantitative estimate of drug-likeness (QED) is 0.0777. The summed E-state index contributed by atoms with van der Waals surface area (Å²) in [6.45, 7) is 4.52. The molecule has 0 saturated carbocycles. The minimum atomic E-state index is -0.0807. The molecular weight excluding hydrogens is 448 g/mol. The van der Waals surface area contributed by atoms with Crippen LogP contribution in [-0.2, 0) is 0 Å². The van der Waals surface area contributed by atoms with E-state index in [1.54, 1.807) is 0 Å². The summed E-state index contributed by atoms with van der Waals surface area (Å²) in [7, 11) is 0. The van der Waals surface area contributed by atoms with E-state index in [0.29, 0.717) is 0 Å². The van der Waals surface area contributed by atoms with E-state index in [-0.39, 0.29) is 6.10 Å². The lowest BCUT2D eigenvalue weighted by Crippen LogP contribution is -2.05. The monoisotopic (exact) mass is 515 g/mol. The van der Waals surface area contributed by atoms with Crippen molar-refractivity contribution in [3.8, 4) is 0 Å². The van der Waals surface area contributed by atoms with E-state index in [1.807, 2.05) is 0 Å². The first-order chi connectivity index (χ1) is 18.3. The first-order valence-corrected chi connectivity index (χ1v) is 16.6. The van der Waals surface area contributed by atoms with E-state index in [1.165, 1.54) is 148 Å². The van der Waals surface area contributed by atoms with Crippen LogP contribution in [0.4, 0.5) is 0 Å². The van der Waals surface area contributed by atoms with Gasteiger partial charge in [0.1, 0.15) is 0 Å². The van der Waals surface area contributed by atoms with Gasteiger partial charge in [0.25, 0.3) is 0 Å². The number of aliphatic hydroxyl groups excluding tert-OH is 1. The van der Waals surface area contributed by atoms with Gasteiger partial charge in [0.15, 0.2) is 0 Å². The van der Waals surface area contributed by atoms with E-state index in [2.05, 4.69) is 62.5 Å². The summed E-state index contributed by atoms with van der Waals surface area (Å²) < 4.78 is 0. The van der Waals surface area contributed by atoms with Crippen molar-refractivity contribution in [2.24, 2.45) is 0 Å². The molecule has 0 aliphatic carbocycles. The van der Waals surface area contributed by atoms with E-state index in [9.17, 15) is 5.11 Å². The molecule has 1 heteroatoms. The van der Waals surface area contributed by atoms with Crippen molar-refractivity contribution >= 4 is 0 Å². The Balaban J connectivity index is 3.31. The maximum absolute atomic E-state index is 10.2. The molecule has 1 N–H and O–H groups in total. The molecule has 37 heavy (non-hydrogen) atoms. The van der Waals surface area contributed by atoms with Crippen LogP contribution in [0.2, 0.25) is 0 Å². The molecule has 0 aliphatic heterocycles. The van der Waals surface area contributed by atoms with Gasteiger partial charge in [-0.15, -0.1) is 0 Å². The van der Waals surface area contributed by atoms with Crippen LogP contribution in [0.15, 0.2) is 48.6 Å². The zero-order chi connectivity index (χ0) is 26.9. The van der Waals surface area contributed by atoms with Gasteiger partial charge in [-0.3, -0.25) is 0 Å². The minimum absolute atomic E-state index is 0.0807. The largest absolute Gasteiger partial charge is 0.393 e. The molecule has 0 radical (unpaired) electrons. The van der Waals surface area contributed by atoms with Crippen LogP contribution >= 0.6 is 0 Å². The highest BCUT2D eigenvalue weighted by Crippen LogP contribution is 2.13. The Bertz CT molecular complexity index is 527. The lowest BCUT2D eigenvalue weighted by Gasteiger charge is -2.09. The molecule has 216 valence electrons. The van der Waals surface area contributed by atoms with Gasteiger partial charge in [-0.2, -0.15) is 0 Å². The Morgan fingerprint density at radius 1 is 0.351 bits per heavy atom. The smallest absolute Gasteiger partial charge is 0.0540 e. The molecular formula is C36H66O. The van der Waals surface area contributed by atoms with Gasteiger partial charge in [-0.05, 0) is 109 Å². The summed E-state index contributed by atoms with van der Waals surface area (Å²) >= 11 is 0. The maximum atomic E-state index is 10.2. The van der Waals surface area contributed by atoms with Crippen molar-refractivity contribution in [2.45, 2.75) is 180 Å². The highest BCUT2D eigenvalue weighted by molar-refractivity contribution is 4.85. The summed E-state index contributed by atoms with van der Waals surface area (Å²) in [4.78, 5) is 0. The summed E-state index contributed by atoms with van der Waals surface area (Å²) in [5, 5.41) is 10.2. The van der Waals surface area contributed by atoms with Gasteiger partial charge in [0, 0.05) is 0 Å². The Morgan fingerprint density at radius 2 is 0.622 bits per heavy atom. The Kier molecular flexibility index (Phi) is 32.0. The van der Waals surface area contributed by atoms with Gasteiger partial charge in [-0.25, -0.2) is 0 Å². The fraction of sp³-hybridized carbons (Fsp3) is 0.778. The van der Waals surface area contributed by atoms with Crippen molar-refractivity contribution in [1.82, 2.24) is 0 Å². The van der Waals surface area contributed by atoms with Gasteiger partial charge in [0.05, 0.1) is 6.10 Å². The molecule has 0 heterocycles. The maximum Gasteiger partial charge on any atom is 0.0540 e. The van der Waals surface area contributed by atoms with Gasteiger partial charge < -0.3 is 5.11 Å². The normalized spacial score (nSPS) is 13.3. The second-order valence-electron chi connectivity index (χ2n) is 11.0. The SMILES string of the molecule is CCCC/C=C\CCCC/C=C\CCCCCC(O)CCCCC/C=C\CCCC/C=C\CCCCC. The molecule has 0 aliphatic rings. The first kappa shape index (κ1) is 35.9. The topological polar surface area (TPSA) is 20.2 Å². The summed E-state index contributed by atoms with van der Waals surface area (Å²) in [6.07, 6.45) is 50.1. The molecule has 0 rings (SSSR count). The minimum Gasteiger partial charge on any atom is -0.393 e. The summed E-state index contributed by atoms with van der Waals surface area (Å²) in [5.74, 6) is 0. The molecule has 1 nitrogen and oxygen atoms in total. The Morgan fingerprint density at radius 3 is 0.946 bits per heavy atom. The summed E-state index contributed by atoms with van der Waals surface area (Å²) in [5.41, 5.74) is 0. The molecule has 0 aromatic carbocycles. The average Bonchev–Trinajstić information content (AvgIpc) is 2.90. The third-order valence-corrected chi connectivity index (χ3v) is 7.16. The highest BCUT2D eigenvalue weighted by atomic mass is 16.3. The number of aliphatic hydroxyl groups is 1. The van der Waals surface area contributed by atoms with Gasteiger partial charge >= 0.3 is 0 Å². The fourth-order valence-corrected chi connectivity index (χ4v) is 4.61. The number of allylic oxidation sites excluding steroid dienone is 8. The molecule has 0 amide bonds. The van der Waals surface area contributed by atoms with Crippen LogP contribution in [0.3, 0.4) is 0 Å². The number of rotatable bonds is 29. The zero-order valence-electron chi connectivity index (χ0n) is 25.3. The van der Waals surface area contributed by atoms with E-state index >= 15 is 0 Å². The third kappa shape index (κ3) is 32.9. The second kappa shape index (κ2) is 32.9. The van der Waals surface area contributed by atoms with Crippen LogP contribution in [0.25, 0.3) is 0 Å². The molecule has 0 aromatic rings. The van der Waals surface area contributed by atoms with Crippen LogP contribution in [0.5, 0.6) is 0 Å². The number of unbranched alkanes of at least 4 members (excludes halogenated alkanes) is 17.